The molecule has 0 saturated heterocycles. The highest BCUT2D eigenvalue weighted by atomic mass is 16.2. The maximum absolute atomic E-state index is 12.2. The van der Waals surface area contributed by atoms with Crippen molar-refractivity contribution >= 4 is 23.6 Å². The Bertz CT molecular complexity index is 729. The first-order valence-electron chi connectivity index (χ1n) is 6.05. The molecular weight excluding hydrogens is 276 g/mol. The fraction of sp³-hybridized carbons (Fsp3) is 0.167. The largest absolute Gasteiger partial charge is 0.369 e. The van der Waals surface area contributed by atoms with E-state index in [9.17, 15) is 14.4 Å². The molecule has 3 rings (SSSR count). The average Bonchev–Trinajstić information content (AvgIpc) is 2.90. The molecule has 1 aliphatic heterocycles. The summed E-state index contributed by atoms with van der Waals surface area (Å²) in [6.07, 6.45) is 7.92. The van der Waals surface area contributed by atoms with Gasteiger partial charge >= 0.3 is 6.03 Å². The lowest BCUT2D eigenvalue weighted by atomic mass is 9.96. The minimum absolute atomic E-state index is 0.00745. The summed E-state index contributed by atoms with van der Waals surface area (Å²) < 4.78 is 1.33. The Balaban J connectivity index is 1.83. The van der Waals surface area contributed by atoms with Crippen LogP contribution in [0.15, 0.2) is 35.5 Å². The fourth-order valence-electron chi connectivity index (χ4n) is 1.95. The Kier molecular flexibility index (Phi) is 2.94. The monoisotopic (exact) mass is 286 g/mol. The number of urea groups is 1. The zero-order chi connectivity index (χ0) is 15.0. The minimum atomic E-state index is -0.844. The molecule has 0 saturated carbocycles. The Morgan fingerprint density at radius 1 is 1.33 bits per heavy atom. The van der Waals surface area contributed by atoms with Gasteiger partial charge in [-0.05, 0) is 6.08 Å². The number of hydrogen-bond donors (Lipinski definition) is 1. The third-order valence-corrected chi connectivity index (χ3v) is 2.95. The molecule has 0 radical (unpaired) electrons. The van der Waals surface area contributed by atoms with Gasteiger partial charge in [0.1, 0.15) is 5.92 Å². The summed E-state index contributed by atoms with van der Waals surface area (Å²) in [5, 5.41) is 7.80. The molecule has 2 aliphatic rings. The number of aromatic nitrogens is 3. The standard InChI is InChI=1S/C12H10N6O3/c1-17-6-9(14-16-17)10(19)15-18-11(20)7-4-2-3-5-8(7)13-12(18)21/h2-7H,1H3,(H,15,19). The summed E-state index contributed by atoms with van der Waals surface area (Å²) >= 11 is 0. The molecule has 1 atom stereocenters. The van der Waals surface area contributed by atoms with E-state index in [1.807, 2.05) is 0 Å². The lowest BCUT2D eigenvalue weighted by Crippen LogP contribution is -2.54. The summed E-state index contributed by atoms with van der Waals surface area (Å²) in [6, 6.07) is -0.844. The number of nitrogens with zero attached hydrogens (tertiary/aromatic N) is 5. The Labute approximate surface area is 118 Å². The molecule has 1 aliphatic carbocycles. The van der Waals surface area contributed by atoms with Gasteiger partial charge < -0.3 is 0 Å². The summed E-state index contributed by atoms with van der Waals surface area (Å²) in [5.41, 5.74) is 2.55. The van der Waals surface area contributed by atoms with E-state index in [-0.39, 0.29) is 5.69 Å². The first-order chi connectivity index (χ1) is 10.1. The van der Waals surface area contributed by atoms with Crippen molar-refractivity contribution in [2.75, 3.05) is 0 Å². The molecule has 9 heteroatoms. The van der Waals surface area contributed by atoms with E-state index >= 15 is 0 Å². The Morgan fingerprint density at radius 2 is 2.14 bits per heavy atom. The highest BCUT2D eigenvalue weighted by molar-refractivity contribution is 6.22. The minimum Gasteiger partial charge on any atom is -0.271 e. The number of amides is 4. The molecule has 1 unspecified atom stereocenters. The Hall–Kier alpha value is -3.10. The lowest BCUT2D eigenvalue weighted by molar-refractivity contribution is -0.131. The molecule has 1 aromatic rings. The molecule has 0 fully saturated rings. The van der Waals surface area contributed by atoms with Gasteiger partial charge in [0.05, 0.1) is 11.9 Å². The van der Waals surface area contributed by atoms with Gasteiger partial charge in [-0.2, -0.15) is 10.0 Å². The SMILES string of the molecule is Cn1cc(C(=O)NN2C(=O)N=C3C=CC=CC3C2=O)nn1. The molecule has 106 valence electrons. The average molecular weight is 286 g/mol. The van der Waals surface area contributed by atoms with Crippen molar-refractivity contribution in [3.8, 4) is 0 Å². The number of aryl methyl sites for hydroxylation is 1. The number of hydrazine groups is 1. The predicted molar refractivity (Wildman–Crippen MR) is 69.9 cm³/mol. The number of hydrogen-bond acceptors (Lipinski definition) is 5. The number of imide groups is 1. The van der Waals surface area contributed by atoms with E-state index in [1.54, 1.807) is 31.4 Å². The summed E-state index contributed by atoms with van der Waals surface area (Å²) in [4.78, 5) is 39.8. The molecule has 1 aromatic heterocycles. The first-order valence-corrected chi connectivity index (χ1v) is 6.05. The molecule has 0 spiro atoms. The maximum atomic E-state index is 12.2. The van der Waals surface area contributed by atoms with Crippen LogP contribution in [0.1, 0.15) is 10.5 Å². The molecule has 21 heavy (non-hydrogen) atoms. The van der Waals surface area contributed by atoms with Crippen molar-refractivity contribution in [3.63, 3.8) is 0 Å². The van der Waals surface area contributed by atoms with Crippen LogP contribution >= 0.6 is 0 Å². The van der Waals surface area contributed by atoms with Gasteiger partial charge in [0, 0.05) is 7.05 Å². The highest BCUT2D eigenvalue weighted by Gasteiger charge is 2.37. The van der Waals surface area contributed by atoms with Gasteiger partial charge in [-0.15, -0.1) is 5.10 Å². The number of rotatable bonds is 2. The van der Waals surface area contributed by atoms with Crippen LogP contribution in [-0.2, 0) is 11.8 Å². The van der Waals surface area contributed by atoms with E-state index in [0.717, 1.165) is 0 Å². The molecule has 4 amide bonds. The van der Waals surface area contributed by atoms with Crippen LogP contribution in [0.4, 0.5) is 4.79 Å². The second-order valence-electron chi connectivity index (χ2n) is 4.43. The van der Waals surface area contributed by atoms with Crippen LogP contribution in [-0.4, -0.2) is 43.6 Å². The second-order valence-corrected chi connectivity index (χ2v) is 4.43. The number of allylic oxidation sites excluding steroid dienone is 3. The summed E-state index contributed by atoms with van der Waals surface area (Å²) in [5.74, 6) is -1.95. The van der Waals surface area contributed by atoms with Crippen molar-refractivity contribution in [1.29, 1.82) is 0 Å². The van der Waals surface area contributed by atoms with Crippen LogP contribution in [0, 0.1) is 5.92 Å². The number of carbonyl (C=O) groups excluding carboxylic acids is 3. The van der Waals surface area contributed by atoms with Crippen LogP contribution in [0.3, 0.4) is 0 Å². The van der Waals surface area contributed by atoms with Crippen LogP contribution < -0.4 is 5.43 Å². The van der Waals surface area contributed by atoms with Gasteiger partial charge in [0.25, 0.3) is 11.8 Å². The maximum Gasteiger partial charge on any atom is 0.369 e. The van der Waals surface area contributed by atoms with Crippen LogP contribution in [0.5, 0.6) is 0 Å². The van der Waals surface area contributed by atoms with Gasteiger partial charge in [0.2, 0.25) is 0 Å². The lowest BCUT2D eigenvalue weighted by Gasteiger charge is -2.27. The number of aliphatic imine (C=N–C) groups is 1. The van der Waals surface area contributed by atoms with Crippen molar-refractivity contribution in [3.05, 3.63) is 36.2 Å². The van der Waals surface area contributed by atoms with E-state index in [2.05, 4.69) is 20.7 Å². The van der Waals surface area contributed by atoms with Gasteiger partial charge in [0.15, 0.2) is 5.69 Å². The smallest absolute Gasteiger partial charge is 0.271 e. The van der Waals surface area contributed by atoms with E-state index in [1.165, 1.54) is 10.9 Å². The van der Waals surface area contributed by atoms with Crippen molar-refractivity contribution in [2.24, 2.45) is 18.0 Å². The van der Waals surface area contributed by atoms with Gasteiger partial charge in [-0.25, -0.2) is 4.79 Å². The van der Waals surface area contributed by atoms with Crippen LogP contribution in [0.25, 0.3) is 0 Å². The van der Waals surface area contributed by atoms with Crippen molar-refractivity contribution in [2.45, 2.75) is 0 Å². The zero-order valence-corrected chi connectivity index (χ0v) is 10.9. The van der Waals surface area contributed by atoms with Crippen molar-refractivity contribution in [1.82, 2.24) is 25.4 Å². The molecule has 2 heterocycles. The van der Waals surface area contributed by atoms with E-state index in [4.69, 9.17) is 0 Å². The quantitative estimate of drug-likeness (QED) is 0.795. The fourth-order valence-corrected chi connectivity index (χ4v) is 1.95. The predicted octanol–water partition coefficient (Wildman–Crippen LogP) is -0.395. The number of fused-ring (bicyclic) bond motifs is 1. The number of carbonyl (C=O) groups is 3. The summed E-state index contributed by atoms with van der Waals surface area (Å²) in [6.45, 7) is 0. The molecule has 0 bridgehead atoms. The number of nitrogens with one attached hydrogen (secondary N) is 1. The third-order valence-electron chi connectivity index (χ3n) is 2.95. The summed E-state index contributed by atoms with van der Waals surface area (Å²) in [7, 11) is 1.59. The van der Waals surface area contributed by atoms with E-state index < -0.39 is 23.8 Å². The third kappa shape index (κ3) is 2.24. The van der Waals surface area contributed by atoms with Crippen LogP contribution in [0.2, 0.25) is 0 Å². The van der Waals surface area contributed by atoms with Gasteiger partial charge in [-0.3, -0.25) is 19.7 Å². The molecule has 0 aromatic carbocycles. The molecule has 9 nitrogen and oxygen atoms in total. The van der Waals surface area contributed by atoms with Crippen molar-refractivity contribution < 1.29 is 14.4 Å². The highest BCUT2D eigenvalue weighted by Crippen LogP contribution is 2.18. The molecular formula is C12H10N6O3. The topological polar surface area (TPSA) is 110 Å². The normalized spacial score (nSPS) is 20.3. The Morgan fingerprint density at radius 3 is 2.86 bits per heavy atom. The van der Waals surface area contributed by atoms with Gasteiger partial charge in [-0.1, -0.05) is 23.4 Å². The molecule has 1 N–H and O–H groups in total. The second kappa shape index (κ2) is 4.78. The first kappa shape index (κ1) is 12.9. The zero-order valence-electron chi connectivity index (χ0n) is 10.9. The van der Waals surface area contributed by atoms with E-state index in [0.29, 0.717) is 10.7 Å².